The Hall–Kier alpha value is -1.58. The zero-order chi connectivity index (χ0) is 12.3. The molecule has 0 radical (unpaired) electrons. The van der Waals surface area contributed by atoms with Gasteiger partial charge in [0.05, 0.1) is 5.02 Å². The summed E-state index contributed by atoms with van der Waals surface area (Å²) in [7, 11) is 0. The summed E-state index contributed by atoms with van der Waals surface area (Å²) in [4.78, 5) is 4.19. The molecule has 0 aliphatic rings. The second kappa shape index (κ2) is 5.17. The Morgan fingerprint density at radius 3 is 2.71 bits per heavy atom. The molecule has 0 aliphatic carbocycles. The van der Waals surface area contributed by atoms with E-state index in [1.165, 1.54) is 0 Å². The highest BCUT2D eigenvalue weighted by atomic mass is 35.5. The van der Waals surface area contributed by atoms with Crippen LogP contribution < -0.4 is 11.1 Å². The third-order valence-corrected chi connectivity index (χ3v) is 2.77. The van der Waals surface area contributed by atoms with E-state index in [2.05, 4.69) is 10.3 Å². The summed E-state index contributed by atoms with van der Waals surface area (Å²) in [6.45, 7) is 1.94. The molecular weight excluding hydrogens is 234 g/mol. The van der Waals surface area contributed by atoms with Gasteiger partial charge in [-0.3, -0.25) is 0 Å². The van der Waals surface area contributed by atoms with Crippen LogP contribution in [0.2, 0.25) is 5.02 Å². The second-order valence-electron chi connectivity index (χ2n) is 3.83. The average Bonchev–Trinajstić information content (AvgIpc) is 2.32. The van der Waals surface area contributed by atoms with E-state index in [1.807, 2.05) is 31.2 Å². The van der Waals surface area contributed by atoms with Crippen molar-refractivity contribution in [2.24, 2.45) is 5.73 Å². The van der Waals surface area contributed by atoms with Crippen molar-refractivity contribution >= 4 is 23.1 Å². The van der Waals surface area contributed by atoms with Gasteiger partial charge in [0, 0.05) is 17.9 Å². The van der Waals surface area contributed by atoms with Crippen molar-refractivity contribution < 1.29 is 0 Å². The second-order valence-corrected chi connectivity index (χ2v) is 4.24. The van der Waals surface area contributed by atoms with Gasteiger partial charge < -0.3 is 11.1 Å². The van der Waals surface area contributed by atoms with E-state index in [1.54, 1.807) is 18.3 Å². The fourth-order valence-corrected chi connectivity index (χ4v) is 1.78. The maximum atomic E-state index is 6.05. The summed E-state index contributed by atoms with van der Waals surface area (Å²) < 4.78 is 0. The predicted molar refractivity (Wildman–Crippen MR) is 71.6 cm³/mol. The van der Waals surface area contributed by atoms with Gasteiger partial charge >= 0.3 is 0 Å². The van der Waals surface area contributed by atoms with Gasteiger partial charge in [-0.25, -0.2) is 4.98 Å². The van der Waals surface area contributed by atoms with E-state index in [0.29, 0.717) is 10.8 Å². The zero-order valence-electron chi connectivity index (χ0n) is 9.52. The lowest BCUT2D eigenvalue weighted by Crippen LogP contribution is -2.08. The number of rotatable bonds is 3. The standard InChI is InChI=1S/C13H14ClN3/c1-9(15)10-5-2-3-7-12(10)17-13-11(14)6-4-8-16-13/h2-9H,15H2,1H3,(H,16,17). The molecule has 1 atom stereocenters. The fourth-order valence-electron chi connectivity index (χ4n) is 1.61. The van der Waals surface area contributed by atoms with Crippen LogP contribution in [-0.2, 0) is 0 Å². The minimum absolute atomic E-state index is 0.0406. The van der Waals surface area contributed by atoms with E-state index >= 15 is 0 Å². The molecule has 0 saturated carbocycles. The van der Waals surface area contributed by atoms with Gasteiger partial charge in [0.1, 0.15) is 5.82 Å². The third kappa shape index (κ3) is 2.75. The Labute approximate surface area is 106 Å². The highest BCUT2D eigenvalue weighted by Crippen LogP contribution is 2.27. The minimum atomic E-state index is -0.0406. The molecule has 0 bridgehead atoms. The van der Waals surface area contributed by atoms with Crippen molar-refractivity contribution in [1.82, 2.24) is 4.98 Å². The summed E-state index contributed by atoms with van der Waals surface area (Å²) in [6, 6.07) is 11.4. The molecule has 0 spiro atoms. The number of pyridine rings is 1. The van der Waals surface area contributed by atoms with E-state index < -0.39 is 0 Å². The van der Waals surface area contributed by atoms with E-state index in [4.69, 9.17) is 17.3 Å². The Kier molecular flexibility index (Phi) is 3.61. The lowest BCUT2D eigenvalue weighted by molar-refractivity contribution is 0.820. The number of halogens is 1. The first-order valence-electron chi connectivity index (χ1n) is 5.40. The van der Waals surface area contributed by atoms with Crippen LogP contribution in [0.15, 0.2) is 42.6 Å². The maximum Gasteiger partial charge on any atom is 0.149 e. The van der Waals surface area contributed by atoms with Crippen LogP contribution >= 0.6 is 11.6 Å². The van der Waals surface area contributed by atoms with Crippen LogP contribution in [-0.4, -0.2) is 4.98 Å². The van der Waals surface area contributed by atoms with Gasteiger partial charge in [0.15, 0.2) is 0 Å². The highest BCUT2D eigenvalue weighted by molar-refractivity contribution is 6.33. The van der Waals surface area contributed by atoms with Crippen molar-refractivity contribution in [2.75, 3.05) is 5.32 Å². The molecule has 2 aromatic rings. The lowest BCUT2D eigenvalue weighted by Gasteiger charge is -2.14. The van der Waals surface area contributed by atoms with Gasteiger partial charge in [0.2, 0.25) is 0 Å². The summed E-state index contributed by atoms with van der Waals surface area (Å²) in [6.07, 6.45) is 1.70. The predicted octanol–water partition coefficient (Wildman–Crippen LogP) is 3.50. The van der Waals surface area contributed by atoms with Crippen LogP contribution in [0.1, 0.15) is 18.5 Å². The summed E-state index contributed by atoms with van der Waals surface area (Å²) in [5.74, 6) is 0.641. The molecule has 1 unspecified atom stereocenters. The first-order valence-corrected chi connectivity index (χ1v) is 5.78. The molecule has 3 nitrogen and oxygen atoms in total. The summed E-state index contributed by atoms with van der Waals surface area (Å²) in [5, 5.41) is 3.79. The quantitative estimate of drug-likeness (QED) is 0.873. The van der Waals surface area contributed by atoms with Crippen LogP contribution in [0.25, 0.3) is 0 Å². The van der Waals surface area contributed by atoms with Crippen LogP contribution in [0.5, 0.6) is 0 Å². The molecule has 1 heterocycles. The summed E-state index contributed by atoms with van der Waals surface area (Å²) in [5.41, 5.74) is 7.88. The Morgan fingerprint density at radius 2 is 2.00 bits per heavy atom. The molecule has 17 heavy (non-hydrogen) atoms. The number of hydrogen-bond donors (Lipinski definition) is 2. The van der Waals surface area contributed by atoms with Gasteiger partial charge in [0.25, 0.3) is 0 Å². The van der Waals surface area contributed by atoms with Crippen molar-refractivity contribution in [3.63, 3.8) is 0 Å². The molecule has 1 aromatic heterocycles. The van der Waals surface area contributed by atoms with Crippen molar-refractivity contribution in [2.45, 2.75) is 13.0 Å². The number of nitrogens with one attached hydrogen (secondary N) is 1. The normalized spacial score (nSPS) is 12.2. The number of para-hydroxylation sites is 1. The Morgan fingerprint density at radius 1 is 1.24 bits per heavy atom. The van der Waals surface area contributed by atoms with Gasteiger partial charge in [-0.1, -0.05) is 29.8 Å². The van der Waals surface area contributed by atoms with E-state index in [-0.39, 0.29) is 6.04 Å². The lowest BCUT2D eigenvalue weighted by atomic mass is 10.1. The first kappa shape index (κ1) is 11.9. The number of benzene rings is 1. The average molecular weight is 248 g/mol. The minimum Gasteiger partial charge on any atom is -0.339 e. The monoisotopic (exact) mass is 247 g/mol. The maximum absolute atomic E-state index is 6.05. The highest BCUT2D eigenvalue weighted by Gasteiger charge is 2.08. The van der Waals surface area contributed by atoms with Gasteiger partial charge in [-0.2, -0.15) is 0 Å². The Balaban J connectivity index is 2.34. The summed E-state index contributed by atoms with van der Waals surface area (Å²) >= 11 is 6.05. The molecule has 3 N–H and O–H groups in total. The van der Waals surface area contributed by atoms with Crippen molar-refractivity contribution in [1.29, 1.82) is 0 Å². The van der Waals surface area contributed by atoms with Crippen LogP contribution in [0, 0.1) is 0 Å². The topological polar surface area (TPSA) is 50.9 Å². The molecule has 0 amide bonds. The number of nitrogens with two attached hydrogens (primary N) is 1. The SMILES string of the molecule is CC(N)c1ccccc1Nc1ncccc1Cl. The molecule has 88 valence electrons. The van der Waals surface area contributed by atoms with Crippen LogP contribution in [0.3, 0.4) is 0 Å². The number of aromatic nitrogens is 1. The van der Waals surface area contributed by atoms with E-state index in [9.17, 15) is 0 Å². The van der Waals surface area contributed by atoms with Gasteiger partial charge in [-0.05, 0) is 30.7 Å². The molecular formula is C13H14ClN3. The number of hydrogen-bond acceptors (Lipinski definition) is 3. The smallest absolute Gasteiger partial charge is 0.149 e. The van der Waals surface area contributed by atoms with E-state index in [0.717, 1.165) is 11.3 Å². The van der Waals surface area contributed by atoms with Crippen LogP contribution in [0.4, 0.5) is 11.5 Å². The molecule has 4 heteroatoms. The molecule has 1 aromatic carbocycles. The van der Waals surface area contributed by atoms with Crippen molar-refractivity contribution in [3.8, 4) is 0 Å². The number of anilines is 2. The third-order valence-electron chi connectivity index (χ3n) is 2.46. The molecule has 0 saturated heterocycles. The fraction of sp³-hybridized carbons (Fsp3) is 0.154. The van der Waals surface area contributed by atoms with Crippen molar-refractivity contribution in [3.05, 3.63) is 53.2 Å². The zero-order valence-corrected chi connectivity index (χ0v) is 10.3. The molecule has 2 rings (SSSR count). The first-order chi connectivity index (χ1) is 8.18. The van der Waals surface area contributed by atoms with Gasteiger partial charge in [-0.15, -0.1) is 0 Å². The Bertz CT molecular complexity index is 512. The molecule has 0 fully saturated rings. The largest absolute Gasteiger partial charge is 0.339 e. The number of nitrogens with zero attached hydrogens (tertiary/aromatic N) is 1. The molecule has 0 aliphatic heterocycles.